The second-order valence-corrected chi connectivity index (χ2v) is 5.45. The summed E-state index contributed by atoms with van der Waals surface area (Å²) in [5.74, 6) is 1.08. The molecule has 0 bridgehead atoms. The number of para-hydroxylation sites is 1. The Morgan fingerprint density at radius 3 is 2.53 bits per heavy atom. The molecule has 1 aliphatic carbocycles. The van der Waals surface area contributed by atoms with E-state index in [0.29, 0.717) is 18.4 Å². The molecule has 0 aromatic heterocycles. The van der Waals surface area contributed by atoms with Gasteiger partial charge in [-0.2, -0.15) is 13.2 Å². The Kier molecular flexibility index (Phi) is 4.38. The van der Waals surface area contributed by atoms with Crippen molar-refractivity contribution in [3.05, 3.63) is 29.8 Å². The first-order valence-corrected chi connectivity index (χ1v) is 6.88. The number of hydrogen-bond acceptors (Lipinski definition) is 1. The molecule has 1 N–H and O–H groups in total. The predicted molar refractivity (Wildman–Crippen MR) is 71.1 cm³/mol. The minimum atomic E-state index is -4.29. The van der Waals surface area contributed by atoms with Gasteiger partial charge in [0.1, 0.15) is 0 Å². The van der Waals surface area contributed by atoms with Gasteiger partial charge in [0.2, 0.25) is 0 Å². The molecule has 106 valence electrons. The standard InChI is InChI=1S/C15H20F3N/c1-11-6-2-3-7-12(11)10-19-14-9-5-4-8-13(14)15(16,17)18/h4-5,8-9,11-12,19H,2-3,6-7,10H2,1H3. The molecule has 0 saturated heterocycles. The molecule has 4 heteroatoms. The number of alkyl halides is 3. The highest BCUT2D eigenvalue weighted by molar-refractivity contribution is 5.52. The van der Waals surface area contributed by atoms with Crippen molar-refractivity contribution in [1.29, 1.82) is 0 Å². The maximum atomic E-state index is 12.9. The van der Waals surface area contributed by atoms with E-state index in [2.05, 4.69) is 12.2 Å². The van der Waals surface area contributed by atoms with E-state index >= 15 is 0 Å². The number of anilines is 1. The van der Waals surface area contributed by atoms with Crippen molar-refractivity contribution in [2.75, 3.05) is 11.9 Å². The highest BCUT2D eigenvalue weighted by Gasteiger charge is 2.33. The molecular weight excluding hydrogens is 251 g/mol. The van der Waals surface area contributed by atoms with Crippen molar-refractivity contribution in [2.45, 2.75) is 38.8 Å². The van der Waals surface area contributed by atoms with E-state index in [0.717, 1.165) is 12.5 Å². The van der Waals surface area contributed by atoms with Crippen LogP contribution in [0.1, 0.15) is 38.2 Å². The third-order valence-electron chi connectivity index (χ3n) is 4.08. The van der Waals surface area contributed by atoms with Crippen LogP contribution in [-0.4, -0.2) is 6.54 Å². The fraction of sp³-hybridized carbons (Fsp3) is 0.600. The molecule has 0 amide bonds. The zero-order chi connectivity index (χ0) is 13.9. The van der Waals surface area contributed by atoms with Crippen LogP contribution in [0.3, 0.4) is 0 Å². The zero-order valence-corrected chi connectivity index (χ0v) is 11.1. The molecule has 1 nitrogen and oxygen atoms in total. The molecular formula is C15H20F3N. The van der Waals surface area contributed by atoms with E-state index in [9.17, 15) is 13.2 Å². The van der Waals surface area contributed by atoms with Crippen molar-refractivity contribution in [3.63, 3.8) is 0 Å². The second kappa shape index (κ2) is 5.85. The maximum Gasteiger partial charge on any atom is 0.418 e. The summed E-state index contributed by atoms with van der Waals surface area (Å²) in [5, 5.41) is 3.00. The molecule has 1 aromatic rings. The molecule has 1 saturated carbocycles. The maximum absolute atomic E-state index is 12.9. The van der Waals surface area contributed by atoms with Crippen molar-refractivity contribution in [1.82, 2.24) is 0 Å². The summed E-state index contributed by atoms with van der Waals surface area (Å²) in [7, 11) is 0. The number of rotatable bonds is 3. The van der Waals surface area contributed by atoms with E-state index in [-0.39, 0.29) is 5.69 Å². The van der Waals surface area contributed by atoms with Crippen molar-refractivity contribution in [2.24, 2.45) is 11.8 Å². The van der Waals surface area contributed by atoms with Crippen LogP contribution >= 0.6 is 0 Å². The monoisotopic (exact) mass is 271 g/mol. The van der Waals surface area contributed by atoms with Crippen LogP contribution in [0.4, 0.5) is 18.9 Å². The summed E-state index contributed by atoms with van der Waals surface area (Å²) in [6.45, 7) is 2.83. The molecule has 0 spiro atoms. The summed E-state index contributed by atoms with van der Waals surface area (Å²) in [4.78, 5) is 0. The highest BCUT2D eigenvalue weighted by Crippen LogP contribution is 2.35. The minimum absolute atomic E-state index is 0.202. The fourth-order valence-corrected chi connectivity index (χ4v) is 2.82. The molecule has 19 heavy (non-hydrogen) atoms. The summed E-state index contributed by atoms with van der Waals surface area (Å²) >= 11 is 0. The minimum Gasteiger partial charge on any atom is -0.384 e. The largest absolute Gasteiger partial charge is 0.418 e. The zero-order valence-electron chi connectivity index (χ0n) is 11.1. The lowest BCUT2D eigenvalue weighted by atomic mass is 9.80. The van der Waals surface area contributed by atoms with Gasteiger partial charge >= 0.3 is 6.18 Å². The van der Waals surface area contributed by atoms with Crippen molar-refractivity contribution in [3.8, 4) is 0 Å². The van der Waals surface area contributed by atoms with E-state index in [1.54, 1.807) is 6.07 Å². The van der Waals surface area contributed by atoms with Gasteiger partial charge < -0.3 is 5.32 Å². The normalized spacial score (nSPS) is 24.2. The lowest BCUT2D eigenvalue weighted by molar-refractivity contribution is -0.137. The summed E-state index contributed by atoms with van der Waals surface area (Å²) < 4.78 is 38.6. The molecule has 2 rings (SSSR count). The Hall–Kier alpha value is -1.19. The topological polar surface area (TPSA) is 12.0 Å². The van der Waals surface area contributed by atoms with Gasteiger partial charge in [0, 0.05) is 12.2 Å². The SMILES string of the molecule is CC1CCCCC1CNc1ccccc1C(F)(F)F. The second-order valence-electron chi connectivity index (χ2n) is 5.45. The Balaban J connectivity index is 2.03. The summed E-state index contributed by atoms with van der Waals surface area (Å²) in [6, 6.07) is 5.71. The molecule has 1 aromatic carbocycles. The average Bonchev–Trinajstić information content (AvgIpc) is 2.37. The van der Waals surface area contributed by atoms with Gasteiger partial charge in [0.05, 0.1) is 5.56 Å². The molecule has 0 aliphatic heterocycles. The van der Waals surface area contributed by atoms with Crippen LogP contribution in [0.2, 0.25) is 0 Å². The lowest BCUT2D eigenvalue weighted by Gasteiger charge is -2.29. The van der Waals surface area contributed by atoms with Crippen LogP contribution in [0, 0.1) is 11.8 Å². The summed E-state index contributed by atoms with van der Waals surface area (Å²) in [5.41, 5.74) is -0.369. The van der Waals surface area contributed by atoms with Gasteiger partial charge in [-0.05, 0) is 30.4 Å². The van der Waals surface area contributed by atoms with Crippen LogP contribution in [-0.2, 0) is 6.18 Å². The highest BCUT2D eigenvalue weighted by atomic mass is 19.4. The third kappa shape index (κ3) is 3.64. The lowest BCUT2D eigenvalue weighted by Crippen LogP contribution is -2.25. The average molecular weight is 271 g/mol. The van der Waals surface area contributed by atoms with Gasteiger partial charge in [-0.25, -0.2) is 0 Å². The number of hydrogen-bond donors (Lipinski definition) is 1. The third-order valence-corrected chi connectivity index (χ3v) is 4.08. The van der Waals surface area contributed by atoms with Crippen molar-refractivity contribution >= 4 is 5.69 Å². The van der Waals surface area contributed by atoms with E-state index in [4.69, 9.17) is 0 Å². The predicted octanol–water partition coefficient (Wildman–Crippen LogP) is 4.94. The molecule has 0 heterocycles. The Morgan fingerprint density at radius 2 is 1.84 bits per heavy atom. The van der Waals surface area contributed by atoms with Gasteiger partial charge in [-0.15, -0.1) is 0 Å². The van der Waals surface area contributed by atoms with E-state index in [1.165, 1.54) is 31.4 Å². The molecule has 1 aliphatic rings. The number of halogens is 3. The van der Waals surface area contributed by atoms with Gasteiger partial charge in [0.25, 0.3) is 0 Å². The first kappa shape index (κ1) is 14.2. The molecule has 2 unspecified atom stereocenters. The van der Waals surface area contributed by atoms with Crippen LogP contribution in [0.25, 0.3) is 0 Å². The molecule has 0 radical (unpaired) electrons. The first-order chi connectivity index (χ1) is 8.98. The van der Waals surface area contributed by atoms with Gasteiger partial charge in [-0.1, -0.05) is 38.3 Å². The smallest absolute Gasteiger partial charge is 0.384 e. The van der Waals surface area contributed by atoms with Crippen LogP contribution in [0.5, 0.6) is 0 Å². The quantitative estimate of drug-likeness (QED) is 0.820. The number of nitrogens with one attached hydrogen (secondary N) is 1. The Bertz CT molecular complexity index is 414. The van der Waals surface area contributed by atoms with E-state index < -0.39 is 11.7 Å². The Morgan fingerprint density at radius 1 is 1.16 bits per heavy atom. The fourth-order valence-electron chi connectivity index (χ4n) is 2.82. The van der Waals surface area contributed by atoms with Crippen LogP contribution < -0.4 is 5.32 Å². The van der Waals surface area contributed by atoms with E-state index in [1.807, 2.05) is 0 Å². The van der Waals surface area contributed by atoms with Crippen molar-refractivity contribution < 1.29 is 13.2 Å². The molecule has 1 fully saturated rings. The number of benzene rings is 1. The van der Waals surface area contributed by atoms with Gasteiger partial charge in [-0.3, -0.25) is 0 Å². The van der Waals surface area contributed by atoms with Gasteiger partial charge in [0.15, 0.2) is 0 Å². The Labute approximate surface area is 112 Å². The first-order valence-electron chi connectivity index (χ1n) is 6.88. The molecule has 2 atom stereocenters. The van der Waals surface area contributed by atoms with Crippen LogP contribution in [0.15, 0.2) is 24.3 Å². The summed E-state index contributed by atoms with van der Waals surface area (Å²) in [6.07, 6.45) is 0.450.